The van der Waals surface area contributed by atoms with E-state index < -0.39 is 0 Å². The number of hydroxylamine groups is 1. The van der Waals surface area contributed by atoms with Crippen LogP contribution in [0.2, 0.25) is 0 Å². The predicted octanol–water partition coefficient (Wildman–Crippen LogP) is 3.55. The first kappa shape index (κ1) is 14.3. The van der Waals surface area contributed by atoms with Crippen molar-refractivity contribution in [2.75, 3.05) is 6.61 Å². The van der Waals surface area contributed by atoms with Gasteiger partial charge >= 0.3 is 0 Å². The molecule has 0 amide bonds. The van der Waals surface area contributed by atoms with Crippen molar-refractivity contribution in [2.45, 2.75) is 19.6 Å². The summed E-state index contributed by atoms with van der Waals surface area (Å²) in [5, 5.41) is 11.9. The Bertz CT molecular complexity index is 537. The fraction of sp³-hybridized carbons (Fsp3) is 0.235. The van der Waals surface area contributed by atoms with Gasteiger partial charge in [-0.15, -0.1) is 0 Å². The van der Waals surface area contributed by atoms with Crippen LogP contribution >= 0.6 is 0 Å². The highest BCUT2D eigenvalue weighted by atomic mass is 16.5. The number of benzene rings is 2. The zero-order valence-corrected chi connectivity index (χ0v) is 11.6. The summed E-state index contributed by atoms with van der Waals surface area (Å²) in [5.74, 6) is 0. The van der Waals surface area contributed by atoms with E-state index in [2.05, 4.69) is 0 Å². The minimum atomic E-state index is -0.301. The van der Waals surface area contributed by atoms with Crippen LogP contribution in [-0.4, -0.2) is 17.6 Å². The SMILES string of the molecule is C/C=[N+](/[O-])C(COCc1ccccc1)c1ccccc1. The summed E-state index contributed by atoms with van der Waals surface area (Å²) in [7, 11) is 0. The topological polar surface area (TPSA) is 35.3 Å². The molecule has 1 atom stereocenters. The molecule has 0 saturated carbocycles. The van der Waals surface area contributed by atoms with E-state index in [-0.39, 0.29) is 6.04 Å². The van der Waals surface area contributed by atoms with Gasteiger partial charge in [-0.3, -0.25) is 0 Å². The zero-order valence-electron chi connectivity index (χ0n) is 11.6. The Morgan fingerprint density at radius 3 is 2.25 bits per heavy atom. The molecular formula is C17H19NO2. The normalized spacial score (nSPS) is 13.2. The quantitative estimate of drug-likeness (QED) is 0.348. The molecule has 0 aromatic heterocycles. The molecule has 0 heterocycles. The molecule has 1 unspecified atom stereocenters. The Kier molecular flexibility index (Phi) is 5.33. The van der Waals surface area contributed by atoms with Crippen LogP contribution < -0.4 is 0 Å². The van der Waals surface area contributed by atoms with Gasteiger partial charge in [0.15, 0.2) is 0 Å². The van der Waals surface area contributed by atoms with Crippen molar-refractivity contribution in [1.82, 2.24) is 0 Å². The minimum Gasteiger partial charge on any atom is -0.624 e. The van der Waals surface area contributed by atoms with Gasteiger partial charge in [-0.25, -0.2) is 4.74 Å². The maximum absolute atomic E-state index is 11.9. The highest BCUT2D eigenvalue weighted by Crippen LogP contribution is 2.17. The van der Waals surface area contributed by atoms with Crippen molar-refractivity contribution in [2.24, 2.45) is 0 Å². The Morgan fingerprint density at radius 2 is 1.65 bits per heavy atom. The van der Waals surface area contributed by atoms with Gasteiger partial charge in [0, 0.05) is 12.5 Å². The Morgan fingerprint density at radius 1 is 1.05 bits per heavy atom. The fourth-order valence-corrected chi connectivity index (χ4v) is 2.03. The predicted molar refractivity (Wildman–Crippen MR) is 80.6 cm³/mol. The Balaban J connectivity index is 1.99. The summed E-state index contributed by atoms with van der Waals surface area (Å²) in [6, 6.07) is 19.4. The van der Waals surface area contributed by atoms with Crippen LogP contribution in [-0.2, 0) is 11.3 Å². The molecule has 0 spiro atoms. The van der Waals surface area contributed by atoms with E-state index in [0.29, 0.717) is 13.2 Å². The number of hydrogen-bond acceptors (Lipinski definition) is 2. The summed E-state index contributed by atoms with van der Waals surface area (Å²) in [4.78, 5) is 0. The monoisotopic (exact) mass is 269 g/mol. The fourth-order valence-electron chi connectivity index (χ4n) is 2.03. The lowest BCUT2D eigenvalue weighted by Gasteiger charge is -2.17. The molecule has 20 heavy (non-hydrogen) atoms. The van der Waals surface area contributed by atoms with Gasteiger partial charge in [0.1, 0.15) is 12.8 Å². The van der Waals surface area contributed by atoms with Crippen LogP contribution in [0.4, 0.5) is 0 Å². The first-order valence-corrected chi connectivity index (χ1v) is 6.73. The van der Waals surface area contributed by atoms with Crippen molar-refractivity contribution in [3.63, 3.8) is 0 Å². The van der Waals surface area contributed by atoms with Crippen molar-refractivity contribution in [3.8, 4) is 0 Å². The molecule has 0 radical (unpaired) electrons. The molecule has 0 aliphatic rings. The minimum absolute atomic E-state index is 0.301. The highest BCUT2D eigenvalue weighted by Gasteiger charge is 2.18. The van der Waals surface area contributed by atoms with Gasteiger partial charge in [-0.1, -0.05) is 60.7 Å². The van der Waals surface area contributed by atoms with Gasteiger partial charge in [-0.05, 0) is 5.56 Å². The highest BCUT2D eigenvalue weighted by molar-refractivity contribution is 5.47. The average Bonchev–Trinajstić information content (AvgIpc) is 2.53. The molecule has 2 aromatic carbocycles. The molecule has 0 fully saturated rings. The average molecular weight is 269 g/mol. The van der Waals surface area contributed by atoms with Crippen LogP contribution in [0.3, 0.4) is 0 Å². The third kappa shape index (κ3) is 3.93. The van der Waals surface area contributed by atoms with E-state index in [0.717, 1.165) is 15.9 Å². The van der Waals surface area contributed by atoms with E-state index >= 15 is 0 Å². The van der Waals surface area contributed by atoms with Crippen molar-refractivity contribution < 1.29 is 9.48 Å². The summed E-state index contributed by atoms with van der Waals surface area (Å²) in [6.07, 6.45) is 1.53. The van der Waals surface area contributed by atoms with Gasteiger partial charge in [-0.2, -0.15) is 0 Å². The van der Waals surface area contributed by atoms with Gasteiger partial charge in [0.2, 0.25) is 6.04 Å². The van der Waals surface area contributed by atoms with Crippen LogP contribution in [0.15, 0.2) is 60.7 Å². The van der Waals surface area contributed by atoms with Crippen LogP contribution in [0.5, 0.6) is 0 Å². The molecule has 0 bridgehead atoms. The number of ether oxygens (including phenoxy) is 1. The molecule has 2 rings (SSSR count). The van der Waals surface area contributed by atoms with Crippen LogP contribution in [0, 0.1) is 5.21 Å². The second kappa shape index (κ2) is 7.46. The van der Waals surface area contributed by atoms with Gasteiger partial charge in [0.05, 0.1) is 6.61 Å². The lowest BCUT2D eigenvalue weighted by atomic mass is 10.1. The molecule has 0 aliphatic heterocycles. The summed E-state index contributed by atoms with van der Waals surface area (Å²) >= 11 is 0. The molecule has 0 aliphatic carbocycles. The van der Waals surface area contributed by atoms with E-state index in [4.69, 9.17) is 4.74 Å². The number of hydrogen-bond donors (Lipinski definition) is 0. The van der Waals surface area contributed by atoms with Gasteiger partial charge in [0.25, 0.3) is 0 Å². The largest absolute Gasteiger partial charge is 0.624 e. The molecule has 2 aromatic rings. The maximum atomic E-state index is 11.9. The third-order valence-electron chi connectivity index (χ3n) is 3.13. The van der Waals surface area contributed by atoms with E-state index in [1.807, 2.05) is 60.7 Å². The molecule has 3 heteroatoms. The van der Waals surface area contributed by atoms with E-state index in [1.165, 1.54) is 6.21 Å². The molecule has 0 N–H and O–H groups in total. The summed E-state index contributed by atoms with van der Waals surface area (Å²) in [5.41, 5.74) is 2.07. The second-order valence-electron chi connectivity index (χ2n) is 4.55. The molecule has 0 saturated heterocycles. The smallest absolute Gasteiger partial charge is 0.211 e. The first-order chi connectivity index (χ1) is 9.81. The zero-order chi connectivity index (χ0) is 14.2. The summed E-state index contributed by atoms with van der Waals surface area (Å²) in [6.45, 7) is 2.62. The Labute approximate surface area is 119 Å². The van der Waals surface area contributed by atoms with Crippen LogP contribution in [0.1, 0.15) is 24.1 Å². The number of nitrogens with zero attached hydrogens (tertiary/aromatic N) is 1. The van der Waals surface area contributed by atoms with Crippen molar-refractivity contribution in [3.05, 3.63) is 77.0 Å². The standard InChI is InChI=1S/C17H19NO2/c1-2-18(19)17(16-11-7-4-8-12-16)14-20-13-15-9-5-3-6-10-15/h2-12,17H,13-14H2,1H3/b18-2+. The van der Waals surface area contributed by atoms with Crippen LogP contribution in [0.25, 0.3) is 0 Å². The second-order valence-corrected chi connectivity index (χ2v) is 4.55. The van der Waals surface area contributed by atoms with Crippen molar-refractivity contribution in [1.29, 1.82) is 0 Å². The summed E-state index contributed by atoms with van der Waals surface area (Å²) < 4.78 is 6.64. The lowest BCUT2D eigenvalue weighted by molar-refractivity contribution is -0.509. The lowest BCUT2D eigenvalue weighted by Crippen LogP contribution is -2.19. The van der Waals surface area contributed by atoms with E-state index in [1.54, 1.807) is 6.92 Å². The number of rotatable bonds is 6. The van der Waals surface area contributed by atoms with Gasteiger partial charge < -0.3 is 9.94 Å². The molecular weight excluding hydrogens is 250 g/mol. The van der Waals surface area contributed by atoms with Crippen molar-refractivity contribution >= 4 is 6.21 Å². The third-order valence-corrected chi connectivity index (χ3v) is 3.13. The Hall–Kier alpha value is -2.13. The molecule has 3 nitrogen and oxygen atoms in total. The van der Waals surface area contributed by atoms with E-state index in [9.17, 15) is 5.21 Å². The first-order valence-electron chi connectivity index (χ1n) is 6.73. The maximum Gasteiger partial charge on any atom is 0.211 e. The molecule has 104 valence electrons.